The maximum absolute atomic E-state index is 11.5. The molecule has 2 atom stereocenters. The van der Waals surface area contributed by atoms with Crippen molar-refractivity contribution in [3.05, 3.63) is 47.5 Å². The van der Waals surface area contributed by atoms with Crippen molar-refractivity contribution in [2.75, 3.05) is 20.3 Å². The van der Waals surface area contributed by atoms with E-state index in [0.29, 0.717) is 11.5 Å². The first-order valence-electron chi connectivity index (χ1n) is 8.68. The first-order chi connectivity index (χ1) is 11.9. The third kappa shape index (κ3) is 6.61. The highest BCUT2D eigenvalue weighted by atomic mass is 16.6. The average Bonchev–Trinajstić information content (AvgIpc) is 2.60. The Labute approximate surface area is 150 Å². The van der Waals surface area contributed by atoms with Gasteiger partial charge in [-0.25, -0.2) is 4.79 Å². The van der Waals surface area contributed by atoms with Gasteiger partial charge in [0.1, 0.15) is 12.7 Å². The predicted octanol–water partition coefficient (Wildman–Crippen LogP) is 3.73. The van der Waals surface area contributed by atoms with Gasteiger partial charge in [0.05, 0.1) is 6.61 Å². The minimum absolute atomic E-state index is 0.0102. The third-order valence-electron chi connectivity index (χ3n) is 4.11. The van der Waals surface area contributed by atoms with Gasteiger partial charge in [-0.3, -0.25) is 0 Å². The van der Waals surface area contributed by atoms with Gasteiger partial charge < -0.3 is 19.3 Å². The van der Waals surface area contributed by atoms with E-state index in [1.54, 1.807) is 6.92 Å². The monoisotopic (exact) mass is 350 g/mol. The van der Waals surface area contributed by atoms with Crippen LogP contribution < -0.4 is 0 Å². The molecule has 1 rings (SSSR count). The number of hydrogen-bond acceptors (Lipinski definition) is 5. The zero-order valence-corrected chi connectivity index (χ0v) is 15.7. The second-order valence-corrected chi connectivity index (χ2v) is 6.09. The number of carbonyl (C=O) groups is 1. The van der Waals surface area contributed by atoms with Gasteiger partial charge >= 0.3 is 5.97 Å². The van der Waals surface area contributed by atoms with E-state index >= 15 is 0 Å². The normalized spacial score (nSPS) is 13.5. The number of methoxy groups -OCH3 is 1. The first kappa shape index (κ1) is 21.4. The van der Waals surface area contributed by atoms with Crippen LogP contribution in [0.1, 0.15) is 56.9 Å². The standard InChI is InChI=1S/C20H30O5/c1-6-15(7-2)17-10-8-9-11-18(17)20(22)25-16(12-23-5)13-24-19(21)14(3)4/h8-11,15-16,20,22H,3,6-7,12-13H2,1-2,4-5H3/t16?,20-/m1/s1. The predicted molar refractivity (Wildman–Crippen MR) is 97.2 cm³/mol. The molecule has 0 amide bonds. The summed E-state index contributed by atoms with van der Waals surface area (Å²) in [5.74, 6) is -0.131. The lowest BCUT2D eigenvalue weighted by molar-refractivity contribution is -0.175. The topological polar surface area (TPSA) is 65.0 Å². The summed E-state index contributed by atoms with van der Waals surface area (Å²) in [4.78, 5) is 11.5. The molecule has 1 aromatic carbocycles. The van der Waals surface area contributed by atoms with E-state index in [0.717, 1.165) is 24.0 Å². The van der Waals surface area contributed by atoms with E-state index in [1.165, 1.54) is 7.11 Å². The van der Waals surface area contributed by atoms with Gasteiger partial charge in [0.2, 0.25) is 0 Å². The van der Waals surface area contributed by atoms with Crippen LogP contribution in [0.3, 0.4) is 0 Å². The van der Waals surface area contributed by atoms with Gasteiger partial charge in [0.15, 0.2) is 6.29 Å². The van der Waals surface area contributed by atoms with Gasteiger partial charge in [0, 0.05) is 18.2 Å². The molecule has 0 saturated carbocycles. The highest BCUT2D eigenvalue weighted by molar-refractivity contribution is 5.86. The Balaban J connectivity index is 2.85. The largest absolute Gasteiger partial charge is 0.459 e. The van der Waals surface area contributed by atoms with Crippen LogP contribution in [0.15, 0.2) is 36.4 Å². The van der Waals surface area contributed by atoms with Crippen molar-refractivity contribution in [1.29, 1.82) is 0 Å². The lowest BCUT2D eigenvalue weighted by atomic mass is 9.90. The summed E-state index contributed by atoms with van der Waals surface area (Å²) >= 11 is 0. The Morgan fingerprint density at radius 1 is 1.16 bits per heavy atom. The zero-order valence-electron chi connectivity index (χ0n) is 15.7. The van der Waals surface area contributed by atoms with Crippen molar-refractivity contribution >= 4 is 5.97 Å². The van der Waals surface area contributed by atoms with Crippen molar-refractivity contribution in [3.63, 3.8) is 0 Å². The van der Waals surface area contributed by atoms with Gasteiger partial charge in [-0.1, -0.05) is 44.7 Å². The summed E-state index contributed by atoms with van der Waals surface area (Å²) in [6, 6.07) is 7.72. The van der Waals surface area contributed by atoms with Crippen LogP contribution in [-0.4, -0.2) is 37.5 Å². The Morgan fingerprint density at radius 2 is 1.76 bits per heavy atom. The van der Waals surface area contributed by atoms with Crippen molar-refractivity contribution in [1.82, 2.24) is 0 Å². The maximum atomic E-state index is 11.5. The van der Waals surface area contributed by atoms with E-state index in [4.69, 9.17) is 14.2 Å². The molecule has 0 spiro atoms. The summed E-state index contributed by atoms with van der Waals surface area (Å²) in [5.41, 5.74) is 2.13. The van der Waals surface area contributed by atoms with Crippen LogP contribution >= 0.6 is 0 Å². The summed E-state index contributed by atoms with van der Waals surface area (Å²) in [7, 11) is 1.53. The first-order valence-corrected chi connectivity index (χ1v) is 8.68. The van der Waals surface area contributed by atoms with Gasteiger partial charge in [-0.2, -0.15) is 0 Å². The van der Waals surface area contributed by atoms with Crippen molar-refractivity contribution in [3.8, 4) is 0 Å². The fourth-order valence-corrected chi connectivity index (χ4v) is 2.70. The zero-order chi connectivity index (χ0) is 18.8. The molecular formula is C20H30O5. The molecule has 25 heavy (non-hydrogen) atoms. The quantitative estimate of drug-likeness (QED) is 0.374. The van der Waals surface area contributed by atoms with Crippen LogP contribution in [0.25, 0.3) is 0 Å². The summed E-state index contributed by atoms with van der Waals surface area (Å²) in [5, 5.41) is 10.6. The number of aliphatic hydroxyl groups excluding tert-OH is 1. The molecular weight excluding hydrogens is 320 g/mol. The smallest absolute Gasteiger partial charge is 0.333 e. The molecule has 0 aromatic heterocycles. The molecule has 1 N–H and O–H groups in total. The molecule has 0 aliphatic rings. The molecule has 0 bridgehead atoms. The molecule has 0 fully saturated rings. The second-order valence-electron chi connectivity index (χ2n) is 6.09. The van der Waals surface area contributed by atoms with E-state index in [-0.39, 0.29) is 13.2 Å². The molecule has 0 heterocycles. The lowest BCUT2D eigenvalue weighted by Gasteiger charge is -2.25. The summed E-state index contributed by atoms with van der Waals surface area (Å²) < 4.78 is 15.9. The Bertz CT molecular complexity index is 551. The van der Waals surface area contributed by atoms with Crippen LogP contribution in [-0.2, 0) is 19.0 Å². The van der Waals surface area contributed by atoms with E-state index in [2.05, 4.69) is 20.4 Å². The van der Waals surface area contributed by atoms with Gasteiger partial charge in [-0.15, -0.1) is 0 Å². The summed E-state index contributed by atoms with van der Waals surface area (Å²) in [6.07, 6.45) is 0.286. The van der Waals surface area contributed by atoms with Crippen LogP contribution in [0.4, 0.5) is 0 Å². The molecule has 5 nitrogen and oxygen atoms in total. The fraction of sp³-hybridized carbons (Fsp3) is 0.550. The fourth-order valence-electron chi connectivity index (χ4n) is 2.70. The molecule has 5 heteroatoms. The lowest BCUT2D eigenvalue weighted by Crippen LogP contribution is -2.29. The third-order valence-corrected chi connectivity index (χ3v) is 4.11. The second kappa shape index (κ2) is 11.0. The maximum Gasteiger partial charge on any atom is 0.333 e. The number of aliphatic hydroxyl groups is 1. The minimum atomic E-state index is -1.11. The van der Waals surface area contributed by atoms with Crippen molar-refractivity contribution < 1.29 is 24.1 Å². The molecule has 0 aliphatic heterocycles. The molecule has 1 unspecified atom stereocenters. The number of hydrogen-bond donors (Lipinski definition) is 1. The molecule has 0 aliphatic carbocycles. The average molecular weight is 350 g/mol. The SMILES string of the molecule is C=C(C)C(=O)OCC(COC)O[C@@H](O)c1ccccc1C(CC)CC. The number of benzene rings is 1. The Morgan fingerprint density at radius 3 is 2.28 bits per heavy atom. The van der Waals surface area contributed by atoms with Crippen LogP contribution in [0, 0.1) is 0 Å². The van der Waals surface area contributed by atoms with Crippen LogP contribution in [0.2, 0.25) is 0 Å². The Hall–Kier alpha value is -1.69. The number of esters is 1. The van der Waals surface area contributed by atoms with E-state index in [1.807, 2.05) is 24.3 Å². The summed E-state index contributed by atoms with van der Waals surface area (Å²) in [6.45, 7) is 9.57. The van der Waals surface area contributed by atoms with Crippen molar-refractivity contribution in [2.24, 2.45) is 0 Å². The van der Waals surface area contributed by atoms with Crippen LogP contribution in [0.5, 0.6) is 0 Å². The molecule has 0 saturated heterocycles. The van der Waals surface area contributed by atoms with Gasteiger partial charge in [-0.05, 0) is 31.2 Å². The van der Waals surface area contributed by atoms with Gasteiger partial charge in [0.25, 0.3) is 0 Å². The minimum Gasteiger partial charge on any atom is -0.459 e. The molecule has 0 radical (unpaired) electrons. The number of carbonyl (C=O) groups excluding carboxylic acids is 1. The Kier molecular flexibility index (Phi) is 9.42. The van der Waals surface area contributed by atoms with Crippen molar-refractivity contribution in [2.45, 2.75) is 51.9 Å². The highest BCUT2D eigenvalue weighted by Crippen LogP contribution is 2.30. The molecule has 140 valence electrons. The molecule has 1 aromatic rings. The number of ether oxygens (including phenoxy) is 3. The van der Waals surface area contributed by atoms with E-state index < -0.39 is 18.4 Å². The number of rotatable bonds is 11. The van der Waals surface area contributed by atoms with E-state index in [9.17, 15) is 9.90 Å². The highest BCUT2D eigenvalue weighted by Gasteiger charge is 2.22.